The molecule has 0 atom stereocenters. The number of hydrogen-bond acceptors (Lipinski definition) is 7. The predicted molar refractivity (Wildman–Crippen MR) is 101 cm³/mol. The van der Waals surface area contributed by atoms with Crippen LogP contribution in [-0.4, -0.2) is 29.7 Å². The summed E-state index contributed by atoms with van der Waals surface area (Å²) in [5, 5.41) is 23.2. The van der Waals surface area contributed by atoms with Gasteiger partial charge in [-0.3, -0.25) is 25.0 Å². The topological polar surface area (TPSA) is 129 Å². The SMILES string of the molecule is CC(=O)c1c(C)oc(NC(=O)c2ccc(N3CCCC3)c([N+](=O)[O-])c2)c1C#N. The summed E-state index contributed by atoms with van der Waals surface area (Å²) >= 11 is 0. The maximum atomic E-state index is 12.6. The van der Waals surface area contributed by atoms with Crippen molar-refractivity contribution < 1.29 is 18.9 Å². The Morgan fingerprint density at radius 1 is 1.32 bits per heavy atom. The van der Waals surface area contributed by atoms with E-state index in [4.69, 9.17) is 4.42 Å². The molecule has 1 saturated heterocycles. The predicted octanol–water partition coefficient (Wildman–Crippen LogP) is 3.42. The molecule has 9 heteroatoms. The highest BCUT2D eigenvalue weighted by Gasteiger charge is 2.26. The van der Waals surface area contributed by atoms with Crippen molar-refractivity contribution in [3.8, 4) is 6.07 Å². The molecule has 0 bridgehead atoms. The monoisotopic (exact) mass is 382 g/mol. The lowest BCUT2D eigenvalue weighted by atomic mass is 10.1. The summed E-state index contributed by atoms with van der Waals surface area (Å²) in [6, 6.07) is 6.10. The van der Waals surface area contributed by atoms with Crippen LogP contribution in [0.15, 0.2) is 22.6 Å². The highest BCUT2D eigenvalue weighted by Crippen LogP contribution is 2.32. The highest BCUT2D eigenvalue weighted by atomic mass is 16.6. The van der Waals surface area contributed by atoms with Crippen LogP contribution < -0.4 is 10.2 Å². The number of ketones is 1. The molecule has 1 aliphatic rings. The number of Topliss-reactive ketones (excluding diaryl/α,β-unsaturated/α-hetero) is 1. The van der Waals surface area contributed by atoms with Crippen LogP contribution in [0, 0.1) is 28.4 Å². The number of carbonyl (C=O) groups excluding carboxylic acids is 2. The maximum absolute atomic E-state index is 12.6. The summed E-state index contributed by atoms with van der Waals surface area (Å²) in [4.78, 5) is 37.2. The molecule has 28 heavy (non-hydrogen) atoms. The van der Waals surface area contributed by atoms with Gasteiger partial charge in [0.15, 0.2) is 5.78 Å². The van der Waals surface area contributed by atoms with Crippen molar-refractivity contribution in [2.45, 2.75) is 26.7 Å². The van der Waals surface area contributed by atoms with Gasteiger partial charge in [-0.2, -0.15) is 5.26 Å². The molecule has 2 heterocycles. The zero-order valence-corrected chi connectivity index (χ0v) is 15.4. The molecule has 2 aromatic rings. The lowest BCUT2D eigenvalue weighted by Crippen LogP contribution is -2.20. The Morgan fingerprint density at radius 2 is 2.00 bits per heavy atom. The van der Waals surface area contributed by atoms with Crippen LogP contribution in [0.5, 0.6) is 0 Å². The van der Waals surface area contributed by atoms with Gasteiger partial charge in [0.25, 0.3) is 11.6 Å². The molecular formula is C19H18N4O5. The van der Waals surface area contributed by atoms with Crippen LogP contribution in [0.1, 0.15) is 51.8 Å². The van der Waals surface area contributed by atoms with Gasteiger partial charge in [0.05, 0.1) is 10.5 Å². The summed E-state index contributed by atoms with van der Waals surface area (Å²) in [7, 11) is 0. The second kappa shape index (κ2) is 7.52. The van der Waals surface area contributed by atoms with E-state index in [1.807, 2.05) is 11.0 Å². The molecule has 144 valence electrons. The average Bonchev–Trinajstić information content (AvgIpc) is 3.28. The normalized spacial score (nSPS) is 13.2. The lowest BCUT2D eigenvalue weighted by Gasteiger charge is -2.17. The number of aryl methyl sites for hydroxylation is 1. The Balaban J connectivity index is 1.93. The van der Waals surface area contributed by atoms with Gasteiger partial charge in [-0.1, -0.05) is 0 Å². The van der Waals surface area contributed by atoms with E-state index in [1.165, 1.54) is 26.0 Å². The minimum atomic E-state index is -0.670. The van der Waals surface area contributed by atoms with Gasteiger partial charge in [-0.15, -0.1) is 0 Å². The molecule has 3 rings (SSSR count). The van der Waals surface area contributed by atoms with Gasteiger partial charge in [-0.05, 0) is 38.8 Å². The fraction of sp³-hybridized carbons (Fsp3) is 0.316. The largest absolute Gasteiger partial charge is 0.443 e. The lowest BCUT2D eigenvalue weighted by molar-refractivity contribution is -0.384. The molecule has 1 aromatic carbocycles. The summed E-state index contributed by atoms with van der Waals surface area (Å²) in [5.41, 5.74) is 0.409. The van der Waals surface area contributed by atoms with Gasteiger partial charge < -0.3 is 9.32 Å². The molecule has 9 nitrogen and oxygen atoms in total. The van der Waals surface area contributed by atoms with Crippen LogP contribution >= 0.6 is 0 Å². The van der Waals surface area contributed by atoms with Gasteiger partial charge in [0.2, 0.25) is 5.88 Å². The van der Waals surface area contributed by atoms with Crippen molar-refractivity contribution in [2.75, 3.05) is 23.3 Å². The molecule has 0 saturated carbocycles. The molecular weight excluding hydrogens is 364 g/mol. The van der Waals surface area contributed by atoms with E-state index in [-0.39, 0.29) is 39.8 Å². The number of furan rings is 1. The Kier molecular flexibility index (Phi) is 5.13. The van der Waals surface area contributed by atoms with Crippen molar-refractivity contribution in [3.05, 3.63) is 50.8 Å². The number of hydrogen-bond donors (Lipinski definition) is 1. The fourth-order valence-corrected chi connectivity index (χ4v) is 3.37. The van der Waals surface area contributed by atoms with Gasteiger partial charge >= 0.3 is 0 Å². The van der Waals surface area contributed by atoms with E-state index in [1.54, 1.807) is 6.07 Å². The zero-order valence-electron chi connectivity index (χ0n) is 15.4. The van der Waals surface area contributed by atoms with Crippen LogP contribution in [-0.2, 0) is 0 Å². The number of rotatable bonds is 5. The van der Waals surface area contributed by atoms with Crippen LogP contribution in [0.4, 0.5) is 17.3 Å². The number of amides is 1. The molecule has 1 amide bonds. The first-order chi connectivity index (χ1) is 13.3. The Hall–Kier alpha value is -3.67. The van der Waals surface area contributed by atoms with Crippen molar-refractivity contribution in [1.29, 1.82) is 5.26 Å². The minimum absolute atomic E-state index is 0.0527. The molecule has 1 fully saturated rings. The number of carbonyl (C=O) groups is 2. The number of nitrogens with zero attached hydrogens (tertiary/aromatic N) is 3. The van der Waals surface area contributed by atoms with E-state index in [2.05, 4.69) is 5.32 Å². The maximum Gasteiger partial charge on any atom is 0.293 e. The molecule has 0 unspecified atom stereocenters. The molecule has 0 radical (unpaired) electrons. The number of anilines is 2. The number of nitro benzene ring substituents is 1. The van der Waals surface area contributed by atoms with Crippen LogP contribution in [0.3, 0.4) is 0 Å². The average molecular weight is 382 g/mol. The quantitative estimate of drug-likeness (QED) is 0.476. The highest BCUT2D eigenvalue weighted by molar-refractivity contribution is 6.06. The summed E-state index contributed by atoms with van der Waals surface area (Å²) < 4.78 is 5.36. The first-order valence-electron chi connectivity index (χ1n) is 8.72. The number of benzene rings is 1. The smallest absolute Gasteiger partial charge is 0.293 e. The number of nitrogens with one attached hydrogen (secondary N) is 1. The molecule has 1 aliphatic heterocycles. The van der Waals surface area contributed by atoms with Crippen molar-refractivity contribution >= 4 is 28.9 Å². The Bertz CT molecular complexity index is 1010. The fourth-order valence-electron chi connectivity index (χ4n) is 3.37. The zero-order chi connectivity index (χ0) is 20.4. The first-order valence-corrected chi connectivity index (χ1v) is 8.72. The molecule has 0 spiro atoms. The van der Waals surface area contributed by atoms with E-state index in [0.717, 1.165) is 25.9 Å². The second-order valence-corrected chi connectivity index (χ2v) is 6.51. The Labute approximate surface area is 160 Å². The number of nitriles is 1. The third kappa shape index (κ3) is 3.44. The summed E-state index contributed by atoms with van der Waals surface area (Å²) in [6.07, 6.45) is 1.93. The second-order valence-electron chi connectivity index (χ2n) is 6.51. The molecule has 1 N–H and O–H groups in total. The molecule has 1 aromatic heterocycles. The van der Waals surface area contributed by atoms with E-state index < -0.39 is 10.8 Å². The standard InChI is InChI=1S/C19H18N4O5/c1-11(24)17-12(2)28-19(14(17)10-20)21-18(25)13-5-6-15(16(9-13)23(26)27)22-7-3-4-8-22/h5-6,9H,3-4,7-8H2,1-2H3,(H,21,25). The van der Waals surface area contributed by atoms with Crippen LogP contribution in [0.2, 0.25) is 0 Å². The number of nitro groups is 1. The minimum Gasteiger partial charge on any atom is -0.443 e. The van der Waals surface area contributed by atoms with Crippen molar-refractivity contribution in [1.82, 2.24) is 0 Å². The van der Waals surface area contributed by atoms with E-state index in [0.29, 0.717) is 5.69 Å². The van der Waals surface area contributed by atoms with E-state index in [9.17, 15) is 25.0 Å². The molecule has 0 aliphatic carbocycles. The first kappa shape index (κ1) is 19.1. The van der Waals surface area contributed by atoms with Crippen molar-refractivity contribution in [2.24, 2.45) is 0 Å². The van der Waals surface area contributed by atoms with Gasteiger partial charge in [0.1, 0.15) is 23.1 Å². The van der Waals surface area contributed by atoms with Gasteiger partial charge in [0, 0.05) is 24.7 Å². The Morgan fingerprint density at radius 3 is 2.57 bits per heavy atom. The summed E-state index contributed by atoms with van der Waals surface area (Å²) in [5.74, 6) is -0.962. The third-order valence-electron chi connectivity index (χ3n) is 4.66. The summed E-state index contributed by atoms with van der Waals surface area (Å²) in [6.45, 7) is 4.28. The van der Waals surface area contributed by atoms with E-state index >= 15 is 0 Å². The van der Waals surface area contributed by atoms with Crippen LogP contribution in [0.25, 0.3) is 0 Å². The van der Waals surface area contributed by atoms with Crippen molar-refractivity contribution in [3.63, 3.8) is 0 Å². The third-order valence-corrected chi connectivity index (χ3v) is 4.66. The van der Waals surface area contributed by atoms with Gasteiger partial charge in [-0.25, -0.2) is 0 Å².